The second-order valence-electron chi connectivity index (χ2n) is 6.84. The summed E-state index contributed by atoms with van der Waals surface area (Å²) in [6.45, 7) is 5.38. The third-order valence-corrected chi connectivity index (χ3v) is 5.28. The predicted octanol–water partition coefficient (Wildman–Crippen LogP) is 2.24. The number of hydrogen-bond acceptors (Lipinski definition) is 4. The molecule has 0 unspecified atom stereocenters. The van der Waals surface area contributed by atoms with Crippen LogP contribution in [0.2, 0.25) is 0 Å². The van der Waals surface area contributed by atoms with Gasteiger partial charge in [0.25, 0.3) is 5.91 Å². The molecule has 5 nitrogen and oxygen atoms in total. The first kappa shape index (κ1) is 16.2. The minimum atomic E-state index is 0.168. The molecule has 0 aromatic carbocycles. The first-order chi connectivity index (χ1) is 11.1. The zero-order valence-electron chi connectivity index (χ0n) is 14.5. The maximum Gasteiger partial charge on any atom is 0.254 e. The molecule has 2 aliphatic rings. The number of aromatic nitrogens is 1. The fourth-order valence-corrected chi connectivity index (χ4v) is 4.09. The van der Waals surface area contributed by atoms with E-state index in [2.05, 4.69) is 21.7 Å². The summed E-state index contributed by atoms with van der Waals surface area (Å²) in [4.78, 5) is 24.0. The van der Waals surface area contributed by atoms with Gasteiger partial charge >= 0.3 is 0 Å². The maximum absolute atomic E-state index is 13.0. The summed E-state index contributed by atoms with van der Waals surface area (Å²) in [6, 6.07) is 4.67. The average molecular weight is 316 g/mol. The van der Waals surface area contributed by atoms with E-state index >= 15 is 0 Å². The summed E-state index contributed by atoms with van der Waals surface area (Å²) in [5.41, 5.74) is 0.761. The van der Waals surface area contributed by atoms with Crippen LogP contribution in [0.15, 0.2) is 18.3 Å². The molecule has 3 heterocycles. The van der Waals surface area contributed by atoms with Crippen LogP contribution in [0.4, 0.5) is 5.82 Å². The number of amides is 1. The Morgan fingerprint density at radius 3 is 2.74 bits per heavy atom. The zero-order valence-corrected chi connectivity index (χ0v) is 14.5. The van der Waals surface area contributed by atoms with E-state index in [9.17, 15) is 4.79 Å². The van der Waals surface area contributed by atoms with Crippen LogP contribution in [0.3, 0.4) is 0 Å². The summed E-state index contributed by atoms with van der Waals surface area (Å²) in [5.74, 6) is 1.00. The summed E-state index contributed by atoms with van der Waals surface area (Å²) >= 11 is 0. The number of nitrogens with zero attached hydrogens (tertiary/aromatic N) is 4. The normalized spacial score (nSPS) is 25.1. The molecule has 2 aliphatic heterocycles. The molecule has 0 N–H and O–H groups in total. The third-order valence-electron chi connectivity index (χ3n) is 5.28. The van der Waals surface area contributed by atoms with E-state index in [1.54, 1.807) is 6.20 Å². The van der Waals surface area contributed by atoms with Gasteiger partial charge in [0.2, 0.25) is 0 Å². The molecule has 0 spiro atoms. The molecule has 0 radical (unpaired) electrons. The number of rotatable bonds is 4. The van der Waals surface area contributed by atoms with Crippen LogP contribution in [0.5, 0.6) is 0 Å². The topological polar surface area (TPSA) is 39.7 Å². The van der Waals surface area contributed by atoms with Gasteiger partial charge in [0.05, 0.1) is 0 Å². The Morgan fingerprint density at radius 1 is 1.26 bits per heavy atom. The molecule has 2 saturated heterocycles. The number of anilines is 1. The van der Waals surface area contributed by atoms with Gasteiger partial charge in [0.1, 0.15) is 5.82 Å². The second-order valence-corrected chi connectivity index (χ2v) is 6.84. The molecule has 3 rings (SSSR count). The van der Waals surface area contributed by atoms with Crippen molar-refractivity contribution in [1.82, 2.24) is 14.8 Å². The van der Waals surface area contributed by atoms with Crippen molar-refractivity contribution in [3.63, 3.8) is 0 Å². The molecule has 1 aromatic rings. The lowest BCUT2D eigenvalue weighted by Crippen LogP contribution is -2.48. The third kappa shape index (κ3) is 3.20. The molecular weight excluding hydrogens is 288 g/mol. The Bertz CT molecular complexity index is 560. The number of likely N-dealkylation sites (tertiary alicyclic amines) is 2. The van der Waals surface area contributed by atoms with Gasteiger partial charge < -0.3 is 9.80 Å². The van der Waals surface area contributed by atoms with Crippen LogP contribution in [0.25, 0.3) is 0 Å². The highest BCUT2D eigenvalue weighted by molar-refractivity contribution is 5.95. The van der Waals surface area contributed by atoms with Gasteiger partial charge in [-0.2, -0.15) is 0 Å². The van der Waals surface area contributed by atoms with Crippen molar-refractivity contribution in [2.24, 2.45) is 0 Å². The van der Waals surface area contributed by atoms with Gasteiger partial charge in [0, 0.05) is 44.5 Å². The van der Waals surface area contributed by atoms with E-state index in [0.29, 0.717) is 12.1 Å². The molecule has 0 bridgehead atoms. The van der Waals surface area contributed by atoms with Crippen molar-refractivity contribution in [2.45, 2.75) is 44.7 Å². The lowest BCUT2D eigenvalue weighted by molar-refractivity contribution is 0.0650. The van der Waals surface area contributed by atoms with Crippen LogP contribution in [0.1, 0.15) is 43.0 Å². The van der Waals surface area contributed by atoms with E-state index in [1.807, 2.05) is 31.1 Å². The summed E-state index contributed by atoms with van der Waals surface area (Å²) in [7, 11) is 3.90. The van der Waals surface area contributed by atoms with Crippen LogP contribution in [-0.4, -0.2) is 66.5 Å². The second kappa shape index (κ2) is 6.87. The van der Waals surface area contributed by atoms with Crippen molar-refractivity contribution < 1.29 is 4.79 Å². The van der Waals surface area contributed by atoms with Gasteiger partial charge in [-0.3, -0.25) is 9.69 Å². The summed E-state index contributed by atoms with van der Waals surface area (Å²) in [6.07, 6.45) is 6.48. The SMILES string of the molecule is CCN1CCC[C@@H]1[C@H]1CCCN1C(=O)c1ccnc(N(C)C)c1. The van der Waals surface area contributed by atoms with Crippen molar-refractivity contribution in [3.8, 4) is 0 Å². The van der Waals surface area contributed by atoms with Crippen LogP contribution >= 0.6 is 0 Å². The molecule has 2 fully saturated rings. The summed E-state index contributed by atoms with van der Waals surface area (Å²) < 4.78 is 0. The minimum absolute atomic E-state index is 0.168. The highest BCUT2D eigenvalue weighted by Gasteiger charge is 2.39. The Kier molecular flexibility index (Phi) is 4.85. The molecule has 126 valence electrons. The van der Waals surface area contributed by atoms with E-state index < -0.39 is 0 Å². The fourth-order valence-electron chi connectivity index (χ4n) is 4.09. The van der Waals surface area contributed by atoms with Gasteiger partial charge in [-0.1, -0.05) is 6.92 Å². The number of hydrogen-bond donors (Lipinski definition) is 0. The lowest BCUT2D eigenvalue weighted by atomic mass is 10.0. The van der Waals surface area contributed by atoms with E-state index in [4.69, 9.17) is 0 Å². The van der Waals surface area contributed by atoms with Gasteiger partial charge in [-0.15, -0.1) is 0 Å². The van der Waals surface area contributed by atoms with E-state index in [0.717, 1.165) is 37.3 Å². The van der Waals surface area contributed by atoms with Gasteiger partial charge in [-0.05, 0) is 50.9 Å². The number of carbonyl (C=O) groups excluding carboxylic acids is 1. The number of pyridine rings is 1. The van der Waals surface area contributed by atoms with E-state index in [1.165, 1.54) is 19.4 Å². The summed E-state index contributed by atoms with van der Waals surface area (Å²) in [5, 5.41) is 0. The van der Waals surface area contributed by atoms with Crippen LogP contribution < -0.4 is 4.90 Å². The largest absolute Gasteiger partial charge is 0.363 e. The smallest absolute Gasteiger partial charge is 0.254 e. The van der Waals surface area contributed by atoms with Crippen molar-refractivity contribution in [1.29, 1.82) is 0 Å². The Labute approximate surface area is 139 Å². The van der Waals surface area contributed by atoms with E-state index in [-0.39, 0.29) is 5.91 Å². The first-order valence-electron chi connectivity index (χ1n) is 8.80. The Hall–Kier alpha value is -1.62. The molecule has 23 heavy (non-hydrogen) atoms. The molecule has 0 aliphatic carbocycles. The average Bonchev–Trinajstić information content (AvgIpc) is 3.22. The lowest BCUT2D eigenvalue weighted by Gasteiger charge is -2.34. The Balaban J connectivity index is 1.79. The highest BCUT2D eigenvalue weighted by atomic mass is 16.2. The molecule has 1 amide bonds. The predicted molar refractivity (Wildman–Crippen MR) is 92.9 cm³/mol. The highest BCUT2D eigenvalue weighted by Crippen LogP contribution is 2.31. The number of carbonyl (C=O) groups is 1. The molecular formula is C18H28N4O. The van der Waals surface area contributed by atoms with Crippen LogP contribution in [0, 0.1) is 0 Å². The first-order valence-corrected chi connectivity index (χ1v) is 8.80. The molecule has 1 aromatic heterocycles. The van der Waals surface area contributed by atoms with Gasteiger partial charge in [-0.25, -0.2) is 4.98 Å². The maximum atomic E-state index is 13.0. The quantitative estimate of drug-likeness (QED) is 0.854. The molecule has 0 saturated carbocycles. The monoisotopic (exact) mass is 316 g/mol. The zero-order chi connectivity index (χ0) is 16.4. The van der Waals surface area contributed by atoms with Crippen molar-refractivity contribution >= 4 is 11.7 Å². The number of likely N-dealkylation sites (N-methyl/N-ethyl adjacent to an activating group) is 1. The molecule has 2 atom stereocenters. The van der Waals surface area contributed by atoms with Crippen molar-refractivity contribution in [2.75, 3.05) is 38.6 Å². The minimum Gasteiger partial charge on any atom is -0.363 e. The van der Waals surface area contributed by atoms with Crippen molar-refractivity contribution in [3.05, 3.63) is 23.9 Å². The van der Waals surface area contributed by atoms with Crippen LogP contribution in [-0.2, 0) is 0 Å². The standard InChI is InChI=1S/C18H28N4O/c1-4-21-11-5-7-15(21)16-8-6-12-22(16)18(23)14-9-10-19-17(13-14)20(2)3/h9-10,13,15-16H,4-8,11-12H2,1-3H3/t15-,16-/m1/s1. The van der Waals surface area contributed by atoms with Gasteiger partial charge in [0.15, 0.2) is 0 Å². The fraction of sp³-hybridized carbons (Fsp3) is 0.667. The Morgan fingerprint density at radius 2 is 2.00 bits per heavy atom. The molecule has 5 heteroatoms.